The second-order valence-electron chi connectivity index (χ2n) is 3.65. The van der Waals surface area contributed by atoms with Gasteiger partial charge in [0.15, 0.2) is 6.61 Å². The van der Waals surface area contributed by atoms with E-state index in [0.29, 0.717) is 5.57 Å². The molecule has 1 aromatic rings. The highest BCUT2D eigenvalue weighted by atomic mass is 16.6. The molecule has 2 rings (SSSR count). The molecule has 0 unspecified atom stereocenters. The Kier molecular flexibility index (Phi) is 3.62. The fourth-order valence-electron chi connectivity index (χ4n) is 1.60. The number of carbonyl (C=O) groups excluding carboxylic acids is 2. The number of rotatable bonds is 3. The molecule has 0 saturated carbocycles. The maximum absolute atomic E-state index is 11.6. The topological polar surface area (TPSA) is 61.8 Å². The standard InChI is InChI=1S/C13H12O5/c1-16-12(14)8-17-7-11-10-5-3-2-4-9(10)6-18-13(11)15/h2-5,7H,6,8H2,1H3. The molecular weight excluding hydrogens is 236 g/mol. The Morgan fingerprint density at radius 2 is 2.22 bits per heavy atom. The lowest BCUT2D eigenvalue weighted by Crippen LogP contribution is -2.16. The summed E-state index contributed by atoms with van der Waals surface area (Å²) in [6.07, 6.45) is 1.23. The predicted molar refractivity (Wildman–Crippen MR) is 62.2 cm³/mol. The molecule has 0 N–H and O–H groups in total. The number of ether oxygens (including phenoxy) is 3. The van der Waals surface area contributed by atoms with Gasteiger partial charge in [0.2, 0.25) is 0 Å². The van der Waals surface area contributed by atoms with Crippen LogP contribution in [0, 0.1) is 0 Å². The van der Waals surface area contributed by atoms with Crippen molar-refractivity contribution >= 4 is 17.5 Å². The van der Waals surface area contributed by atoms with Crippen molar-refractivity contribution < 1.29 is 23.8 Å². The van der Waals surface area contributed by atoms with Crippen LogP contribution < -0.4 is 0 Å². The first-order valence-corrected chi connectivity index (χ1v) is 5.36. The van der Waals surface area contributed by atoms with Gasteiger partial charge in [-0.2, -0.15) is 0 Å². The molecule has 5 nitrogen and oxygen atoms in total. The van der Waals surface area contributed by atoms with Crippen LogP contribution in [0.1, 0.15) is 11.1 Å². The Morgan fingerprint density at radius 1 is 1.44 bits per heavy atom. The van der Waals surface area contributed by atoms with E-state index in [1.54, 1.807) is 0 Å². The number of hydrogen-bond acceptors (Lipinski definition) is 5. The highest BCUT2D eigenvalue weighted by Crippen LogP contribution is 2.26. The maximum Gasteiger partial charge on any atom is 0.343 e. The molecule has 0 bridgehead atoms. The number of benzene rings is 1. The molecular formula is C13H12O5. The summed E-state index contributed by atoms with van der Waals surface area (Å²) in [5, 5.41) is 0. The SMILES string of the molecule is COC(=O)COC=C1C(=O)OCc2ccccc21. The molecule has 5 heteroatoms. The minimum absolute atomic E-state index is 0.241. The monoisotopic (exact) mass is 248 g/mol. The zero-order valence-electron chi connectivity index (χ0n) is 9.84. The van der Waals surface area contributed by atoms with E-state index in [-0.39, 0.29) is 13.2 Å². The minimum atomic E-state index is -0.510. The fraction of sp³-hybridized carbons (Fsp3) is 0.231. The zero-order valence-corrected chi connectivity index (χ0v) is 9.84. The number of cyclic esters (lactones) is 1. The average molecular weight is 248 g/mol. The Labute approximate surface area is 104 Å². The van der Waals surface area contributed by atoms with E-state index in [4.69, 9.17) is 9.47 Å². The first-order valence-electron chi connectivity index (χ1n) is 5.36. The van der Waals surface area contributed by atoms with Gasteiger partial charge in [-0.15, -0.1) is 0 Å². The van der Waals surface area contributed by atoms with Crippen molar-refractivity contribution in [2.24, 2.45) is 0 Å². The summed E-state index contributed by atoms with van der Waals surface area (Å²) in [6.45, 7) is 0.0127. The number of carbonyl (C=O) groups is 2. The summed E-state index contributed by atoms with van der Waals surface area (Å²) < 4.78 is 14.4. The van der Waals surface area contributed by atoms with Crippen molar-refractivity contribution in [2.45, 2.75) is 6.61 Å². The number of esters is 2. The summed E-state index contributed by atoms with van der Waals surface area (Å²) in [4.78, 5) is 22.5. The van der Waals surface area contributed by atoms with Crippen molar-refractivity contribution in [3.8, 4) is 0 Å². The van der Waals surface area contributed by atoms with Gasteiger partial charge >= 0.3 is 11.9 Å². The normalized spacial score (nSPS) is 15.8. The molecule has 94 valence electrons. The zero-order chi connectivity index (χ0) is 13.0. The van der Waals surface area contributed by atoms with Crippen LogP contribution in [-0.2, 0) is 30.4 Å². The molecule has 0 amide bonds. The van der Waals surface area contributed by atoms with Gasteiger partial charge in [-0.3, -0.25) is 0 Å². The molecule has 1 aromatic carbocycles. The maximum atomic E-state index is 11.6. The first kappa shape index (κ1) is 12.2. The van der Waals surface area contributed by atoms with Gasteiger partial charge in [-0.05, 0) is 11.1 Å². The van der Waals surface area contributed by atoms with Crippen molar-refractivity contribution in [2.75, 3.05) is 13.7 Å². The van der Waals surface area contributed by atoms with Gasteiger partial charge in [0, 0.05) is 0 Å². The molecule has 0 radical (unpaired) electrons. The number of hydrogen-bond donors (Lipinski definition) is 0. The Bertz CT molecular complexity index is 504. The van der Waals surface area contributed by atoms with Crippen LogP contribution in [0.15, 0.2) is 30.5 Å². The molecule has 0 spiro atoms. The largest absolute Gasteiger partial charge is 0.489 e. The third kappa shape index (κ3) is 2.51. The summed E-state index contributed by atoms with van der Waals surface area (Å²) in [5.41, 5.74) is 1.98. The molecule has 1 aliphatic heterocycles. The van der Waals surface area contributed by atoms with Crippen LogP contribution in [0.5, 0.6) is 0 Å². The number of methoxy groups -OCH3 is 1. The molecule has 1 aliphatic rings. The second kappa shape index (κ2) is 5.35. The summed E-state index contributed by atoms with van der Waals surface area (Å²) in [6, 6.07) is 7.37. The second-order valence-corrected chi connectivity index (χ2v) is 3.65. The summed E-state index contributed by atoms with van der Waals surface area (Å²) >= 11 is 0. The van der Waals surface area contributed by atoms with E-state index in [1.807, 2.05) is 24.3 Å². The lowest BCUT2D eigenvalue weighted by atomic mass is 9.99. The van der Waals surface area contributed by atoms with E-state index in [9.17, 15) is 9.59 Å². The van der Waals surface area contributed by atoms with Crippen LogP contribution in [-0.4, -0.2) is 25.7 Å². The lowest BCUT2D eigenvalue weighted by molar-refractivity contribution is -0.144. The Balaban J connectivity index is 2.18. The lowest BCUT2D eigenvalue weighted by Gasteiger charge is -2.18. The van der Waals surface area contributed by atoms with Crippen molar-refractivity contribution in [1.82, 2.24) is 0 Å². The fourth-order valence-corrected chi connectivity index (χ4v) is 1.60. The minimum Gasteiger partial charge on any atom is -0.489 e. The summed E-state index contributed by atoms with van der Waals surface area (Å²) in [7, 11) is 1.27. The summed E-state index contributed by atoms with van der Waals surface area (Å²) in [5.74, 6) is -0.970. The van der Waals surface area contributed by atoms with E-state index >= 15 is 0 Å². The quantitative estimate of drug-likeness (QED) is 0.458. The van der Waals surface area contributed by atoms with Gasteiger partial charge in [-0.25, -0.2) is 9.59 Å². The Hall–Kier alpha value is -2.30. The molecule has 0 aromatic heterocycles. The van der Waals surface area contributed by atoms with E-state index in [1.165, 1.54) is 13.4 Å². The van der Waals surface area contributed by atoms with Gasteiger partial charge in [0.05, 0.1) is 13.4 Å². The average Bonchev–Trinajstić information content (AvgIpc) is 2.41. The first-order chi connectivity index (χ1) is 8.72. The van der Waals surface area contributed by atoms with E-state index in [2.05, 4.69) is 4.74 Å². The smallest absolute Gasteiger partial charge is 0.343 e. The number of fused-ring (bicyclic) bond motifs is 1. The Morgan fingerprint density at radius 3 is 3.00 bits per heavy atom. The molecule has 1 heterocycles. The third-order valence-electron chi connectivity index (χ3n) is 2.52. The van der Waals surface area contributed by atoms with Crippen molar-refractivity contribution in [3.05, 3.63) is 41.7 Å². The van der Waals surface area contributed by atoms with Crippen LogP contribution >= 0.6 is 0 Å². The molecule has 18 heavy (non-hydrogen) atoms. The van der Waals surface area contributed by atoms with Crippen molar-refractivity contribution in [3.63, 3.8) is 0 Å². The molecule has 0 saturated heterocycles. The molecule has 0 aliphatic carbocycles. The third-order valence-corrected chi connectivity index (χ3v) is 2.52. The van der Waals surface area contributed by atoms with Crippen LogP contribution in [0.25, 0.3) is 5.57 Å². The van der Waals surface area contributed by atoms with Crippen LogP contribution in [0.4, 0.5) is 0 Å². The molecule has 0 fully saturated rings. The van der Waals surface area contributed by atoms with Crippen molar-refractivity contribution in [1.29, 1.82) is 0 Å². The van der Waals surface area contributed by atoms with Gasteiger partial charge < -0.3 is 14.2 Å². The van der Waals surface area contributed by atoms with Crippen LogP contribution in [0.3, 0.4) is 0 Å². The van der Waals surface area contributed by atoms with E-state index in [0.717, 1.165) is 11.1 Å². The van der Waals surface area contributed by atoms with Gasteiger partial charge in [0.25, 0.3) is 0 Å². The highest BCUT2D eigenvalue weighted by Gasteiger charge is 2.23. The van der Waals surface area contributed by atoms with Gasteiger partial charge in [-0.1, -0.05) is 24.3 Å². The molecule has 0 atom stereocenters. The van der Waals surface area contributed by atoms with E-state index < -0.39 is 11.9 Å². The van der Waals surface area contributed by atoms with Crippen LogP contribution in [0.2, 0.25) is 0 Å². The highest BCUT2D eigenvalue weighted by molar-refractivity contribution is 6.17. The predicted octanol–water partition coefficient (Wildman–Crippen LogP) is 1.27. The van der Waals surface area contributed by atoms with Gasteiger partial charge in [0.1, 0.15) is 12.2 Å².